The average molecular weight is 523 g/mol. The second kappa shape index (κ2) is 11.6. The Morgan fingerprint density at radius 2 is 1.43 bits per heavy atom. The van der Waals surface area contributed by atoms with Crippen LogP contribution in [0.2, 0.25) is 0 Å². The molecule has 6 rings (SSSR count). The monoisotopic (exact) mass is 522 g/mol. The van der Waals surface area contributed by atoms with Gasteiger partial charge in [-0.05, 0) is 69.8 Å². The highest BCUT2D eigenvalue weighted by Gasteiger charge is 2.25. The molecule has 1 aliphatic rings. The van der Waals surface area contributed by atoms with Crippen molar-refractivity contribution in [1.29, 1.82) is 0 Å². The first kappa shape index (κ1) is 25.7. The topological polar surface area (TPSA) is 61.3 Å². The summed E-state index contributed by atoms with van der Waals surface area (Å²) in [6, 6.07) is 39.6. The molecule has 198 valence electrons. The molecule has 0 fully saturated rings. The second-order valence-electron chi connectivity index (χ2n) is 10.4. The maximum absolute atomic E-state index is 7.07. The van der Waals surface area contributed by atoms with Gasteiger partial charge in [0.1, 0.15) is 6.61 Å². The van der Waals surface area contributed by atoms with E-state index in [1.54, 1.807) is 0 Å². The number of nitrogen functional groups attached to an aromatic ring is 1. The van der Waals surface area contributed by atoms with Crippen LogP contribution < -0.4 is 16.2 Å². The summed E-state index contributed by atoms with van der Waals surface area (Å²) in [6.45, 7) is 0.462. The second-order valence-corrected chi connectivity index (χ2v) is 10.4. The zero-order valence-corrected chi connectivity index (χ0v) is 22.5. The van der Waals surface area contributed by atoms with Gasteiger partial charge >= 0.3 is 0 Å². The number of allylic oxidation sites excluding steroid dienone is 3. The van der Waals surface area contributed by atoms with Gasteiger partial charge in [0.2, 0.25) is 0 Å². The fourth-order valence-electron chi connectivity index (χ4n) is 5.63. The molecule has 0 aliphatic heterocycles. The number of hydrogen-bond donors (Lipinski definition) is 2. The van der Waals surface area contributed by atoms with Crippen molar-refractivity contribution in [3.8, 4) is 16.9 Å². The van der Waals surface area contributed by atoms with E-state index >= 15 is 0 Å². The van der Waals surface area contributed by atoms with Gasteiger partial charge in [0.05, 0.1) is 5.69 Å². The van der Waals surface area contributed by atoms with Gasteiger partial charge in [-0.3, -0.25) is 0 Å². The standard InChI is InChI=1S/C37H34N2O/c38-34-22-21-27-19-20-31(24-33(27)37(34)40-25-26-11-4-1-5-12-26)30-17-10-18-32(23-30)36(39)35(28-13-6-2-7-14-28)29-15-8-3-9-16-29/h1-2,4-8,10-24,35-36H,3,9,25,38-39H2. The molecule has 0 amide bonds. The number of nitrogens with two attached hydrogens (primary N) is 2. The Hall–Kier alpha value is -4.60. The Labute approximate surface area is 236 Å². The molecule has 5 aromatic rings. The third-order valence-corrected chi connectivity index (χ3v) is 7.73. The highest BCUT2D eigenvalue weighted by Crippen LogP contribution is 2.39. The smallest absolute Gasteiger partial charge is 0.150 e. The first-order valence-corrected chi connectivity index (χ1v) is 13.9. The highest BCUT2D eigenvalue weighted by atomic mass is 16.5. The Kier molecular flexibility index (Phi) is 7.47. The molecule has 0 spiro atoms. The predicted octanol–water partition coefficient (Wildman–Crippen LogP) is 8.73. The van der Waals surface area contributed by atoms with Gasteiger partial charge in [0, 0.05) is 17.3 Å². The lowest BCUT2D eigenvalue weighted by atomic mass is 9.80. The summed E-state index contributed by atoms with van der Waals surface area (Å²) >= 11 is 0. The summed E-state index contributed by atoms with van der Waals surface area (Å²) < 4.78 is 6.28. The molecule has 5 aromatic carbocycles. The lowest BCUT2D eigenvalue weighted by molar-refractivity contribution is 0.312. The molecule has 3 heteroatoms. The van der Waals surface area contributed by atoms with E-state index in [2.05, 4.69) is 103 Å². The van der Waals surface area contributed by atoms with E-state index in [0.717, 1.165) is 51.6 Å². The van der Waals surface area contributed by atoms with Crippen LogP contribution in [0, 0.1) is 0 Å². The quantitative estimate of drug-likeness (QED) is 0.200. The summed E-state index contributed by atoms with van der Waals surface area (Å²) in [4.78, 5) is 0. The van der Waals surface area contributed by atoms with Crippen LogP contribution in [0.4, 0.5) is 5.69 Å². The van der Waals surface area contributed by atoms with E-state index in [1.165, 1.54) is 11.1 Å². The van der Waals surface area contributed by atoms with E-state index in [9.17, 15) is 0 Å². The van der Waals surface area contributed by atoms with Crippen LogP contribution in [0.3, 0.4) is 0 Å². The first-order chi connectivity index (χ1) is 19.7. The van der Waals surface area contributed by atoms with Crippen molar-refractivity contribution in [2.75, 3.05) is 5.73 Å². The molecule has 3 nitrogen and oxygen atoms in total. The summed E-state index contributed by atoms with van der Waals surface area (Å²) in [7, 11) is 0. The highest BCUT2D eigenvalue weighted by molar-refractivity contribution is 5.95. The molecule has 0 saturated heterocycles. The van der Waals surface area contributed by atoms with Gasteiger partial charge in [-0.25, -0.2) is 0 Å². The Bertz CT molecular complexity index is 1670. The van der Waals surface area contributed by atoms with Gasteiger partial charge in [0.25, 0.3) is 0 Å². The third kappa shape index (κ3) is 5.42. The molecule has 2 unspecified atom stereocenters. The largest absolute Gasteiger partial charge is 0.486 e. The molecule has 40 heavy (non-hydrogen) atoms. The number of hydrogen-bond acceptors (Lipinski definition) is 3. The van der Waals surface area contributed by atoms with Crippen molar-refractivity contribution in [2.45, 2.75) is 31.4 Å². The Balaban J connectivity index is 1.35. The summed E-state index contributed by atoms with van der Waals surface area (Å²) in [5, 5.41) is 2.09. The molecule has 0 aromatic heterocycles. The molecule has 4 N–H and O–H groups in total. The maximum atomic E-state index is 7.07. The van der Waals surface area contributed by atoms with Gasteiger partial charge < -0.3 is 16.2 Å². The molecular formula is C37H34N2O. The molecule has 0 saturated carbocycles. The third-order valence-electron chi connectivity index (χ3n) is 7.73. The number of anilines is 1. The van der Waals surface area contributed by atoms with Gasteiger partial charge in [-0.2, -0.15) is 0 Å². The molecule has 2 atom stereocenters. The summed E-state index contributed by atoms with van der Waals surface area (Å²) in [5.74, 6) is 0.804. The van der Waals surface area contributed by atoms with Crippen LogP contribution in [-0.4, -0.2) is 0 Å². The number of benzene rings is 5. The van der Waals surface area contributed by atoms with Crippen molar-refractivity contribution in [2.24, 2.45) is 5.73 Å². The van der Waals surface area contributed by atoms with E-state index in [4.69, 9.17) is 16.2 Å². The van der Waals surface area contributed by atoms with Crippen molar-refractivity contribution in [1.82, 2.24) is 0 Å². The number of ether oxygens (including phenoxy) is 1. The molecule has 1 aliphatic carbocycles. The van der Waals surface area contributed by atoms with Crippen LogP contribution in [0.1, 0.15) is 41.5 Å². The minimum atomic E-state index is -0.183. The average Bonchev–Trinajstić information content (AvgIpc) is 3.02. The SMILES string of the molecule is Nc1ccc2ccc(-c3cccc(C(N)C(C4=CCCC=C4)c4ccccc4)c3)cc2c1OCc1ccccc1. The van der Waals surface area contributed by atoms with E-state index in [0.29, 0.717) is 12.3 Å². The van der Waals surface area contributed by atoms with Gasteiger partial charge in [-0.15, -0.1) is 0 Å². The fourth-order valence-corrected chi connectivity index (χ4v) is 5.63. The van der Waals surface area contributed by atoms with Crippen LogP contribution in [-0.2, 0) is 6.61 Å². The van der Waals surface area contributed by atoms with E-state index in [1.807, 2.05) is 30.3 Å². The number of fused-ring (bicyclic) bond motifs is 1. The zero-order chi connectivity index (χ0) is 27.3. The van der Waals surface area contributed by atoms with Crippen LogP contribution in [0.15, 0.2) is 139 Å². The van der Waals surface area contributed by atoms with Crippen LogP contribution >= 0.6 is 0 Å². The van der Waals surface area contributed by atoms with Gasteiger partial charge in [-0.1, -0.05) is 115 Å². The van der Waals surface area contributed by atoms with Crippen LogP contribution in [0.5, 0.6) is 5.75 Å². The first-order valence-electron chi connectivity index (χ1n) is 13.9. The minimum absolute atomic E-state index is 0.0855. The van der Waals surface area contributed by atoms with Crippen molar-refractivity contribution in [3.63, 3.8) is 0 Å². The summed E-state index contributed by atoms with van der Waals surface area (Å²) in [6.07, 6.45) is 8.98. The normalized spacial score (nSPS) is 14.5. The number of rotatable bonds is 8. The Morgan fingerprint density at radius 3 is 2.20 bits per heavy atom. The Morgan fingerprint density at radius 1 is 0.700 bits per heavy atom. The van der Waals surface area contributed by atoms with Crippen molar-refractivity contribution < 1.29 is 4.74 Å². The van der Waals surface area contributed by atoms with Crippen molar-refractivity contribution >= 4 is 16.5 Å². The molecular weight excluding hydrogens is 488 g/mol. The van der Waals surface area contributed by atoms with Crippen LogP contribution in [0.25, 0.3) is 21.9 Å². The maximum Gasteiger partial charge on any atom is 0.150 e. The predicted molar refractivity (Wildman–Crippen MR) is 167 cm³/mol. The minimum Gasteiger partial charge on any atom is -0.486 e. The van der Waals surface area contributed by atoms with Crippen molar-refractivity contribution in [3.05, 3.63) is 156 Å². The summed E-state index contributed by atoms with van der Waals surface area (Å²) in [5.41, 5.74) is 21.1. The van der Waals surface area contributed by atoms with E-state index in [-0.39, 0.29) is 12.0 Å². The van der Waals surface area contributed by atoms with Gasteiger partial charge in [0.15, 0.2) is 5.75 Å². The fraction of sp³-hybridized carbons (Fsp3) is 0.135. The lowest BCUT2D eigenvalue weighted by Gasteiger charge is -2.28. The lowest BCUT2D eigenvalue weighted by Crippen LogP contribution is -2.21. The van der Waals surface area contributed by atoms with E-state index < -0.39 is 0 Å². The molecule has 0 radical (unpaired) electrons. The zero-order valence-electron chi connectivity index (χ0n) is 22.5. The molecule has 0 heterocycles. The molecule has 0 bridgehead atoms.